The van der Waals surface area contributed by atoms with Crippen LogP contribution in [0, 0.1) is 0 Å². The molecule has 0 unspecified atom stereocenters. The molecule has 2 aromatic rings. The first-order valence-electron chi connectivity index (χ1n) is 7.26. The number of carbonyl (C=O) groups is 1. The highest BCUT2D eigenvalue weighted by Crippen LogP contribution is 2.31. The Morgan fingerprint density at radius 3 is 1.76 bits per heavy atom. The lowest BCUT2D eigenvalue weighted by Crippen LogP contribution is -2.45. The van der Waals surface area contributed by atoms with Crippen LogP contribution in [-0.4, -0.2) is 17.6 Å². The summed E-state index contributed by atoms with van der Waals surface area (Å²) in [7, 11) is 0. The molecule has 0 aromatic heterocycles. The van der Waals surface area contributed by atoms with E-state index in [2.05, 4.69) is 34.9 Å². The molecule has 2 aromatic carbocycles. The maximum atomic E-state index is 12.4. The van der Waals surface area contributed by atoms with Crippen molar-refractivity contribution in [1.29, 1.82) is 0 Å². The largest absolute Gasteiger partial charge is 0.337 e. The van der Waals surface area contributed by atoms with E-state index in [4.69, 9.17) is 0 Å². The van der Waals surface area contributed by atoms with E-state index in [1.807, 2.05) is 50.2 Å². The van der Waals surface area contributed by atoms with Gasteiger partial charge in [-0.25, -0.2) is 0 Å². The summed E-state index contributed by atoms with van der Waals surface area (Å²) in [5.41, 5.74) is 1.92. The SMILES string of the molecule is CC1(C)NC(=O)[C@H](C(c2ccccc2)c2ccccc2)N1. The second kappa shape index (κ2) is 5.34. The van der Waals surface area contributed by atoms with Crippen LogP contribution in [0.25, 0.3) is 0 Å². The van der Waals surface area contributed by atoms with Crippen LogP contribution < -0.4 is 10.6 Å². The molecule has 1 saturated heterocycles. The molecule has 2 N–H and O–H groups in total. The second-order valence-electron chi connectivity index (χ2n) is 6.04. The standard InChI is InChI=1S/C18H20N2O/c1-18(2)19-16(17(21)20-18)15(13-9-5-3-6-10-13)14-11-7-4-8-12-14/h3-12,15-16,19H,1-2H3,(H,20,21)/t16-/m0/s1. The van der Waals surface area contributed by atoms with Crippen LogP contribution >= 0.6 is 0 Å². The zero-order valence-corrected chi connectivity index (χ0v) is 12.3. The molecule has 1 aliphatic heterocycles. The quantitative estimate of drug-likeness (QED) is 0.907. The fourth-order valence-electron chi connectivity index (χ4n) is 3.01. The average Bonchev–Trinajstić information content (AvgIpc) is 2.75. The van der Waals surface area contributed by atoms with Crippen molar-refractivity contribution in [2.75, 3.05) is 0 Å². The Balaban J connectivity index is 2.04. The minimum atomic E-state index is -0.371. The van der Waals surface area contributed by atoms with Crippen molar-refractivity contribution in [3.05, 3.63) is 71.8 Å². The van der Waals surface area contributed by atoms with E-state index < -0.39 is 0 Å². The lowest BCUT2D eigenvalue weighted by Gasteiger charge is -2.25. The van der Waals surface area contributed by atoms with Gasteiger partial charge in [0.2, 0.25) is 5.91 Å². The van der Waals surface area contributed by atoms with Gasteiger partial charge in [-0.15, -0.1) is 0 Å². The van der Waals surface area contributed by atoms with Crippen LogP contribution in [0.2, 0.25) is 0 Å². The van der Waals surface area contributed by atoms with Crippen LogP contribution in [0.1, 0.15) is 30.9 Å². The van der Waals surface area contributed by atoms with Crippen LogP contribution in [0.4, 0.5) is 0 Å². The van der Waals surface area contributed by atoms with Gasteiger partial charge in [-0.1, -0.05) is 60.7 Å². The Bertz CT molecular complexity index is 583. The van der Waals surface area contributed by atoms with E-state index in [1.165, 1.54) is 0 Å². The first-order chi connectivity index (χ1) is 10.1. The summed E-state index contributed by atoms with van der Waals surface area (Å²) in [6.07, 6.45) is 0. The molecule has 21 heavy (non-hydrogen) atoms. The smallest absolute Gasteiger partial charge is 0.239 e. The van der Waals surface area contributed by atoms with Gasteiger partial charge < -0.3 is 5.32 Å². The van der Waals surface area contributed by atoms with Crippen LogP contribution in [0.3, 0.4) is 0 Å². The first-order valence-corrected chi connectivity index (χ1v) is 7.26. The van der Waals surface area contributed by atoms with Crippen LogP contribution in [0.5, 0.6) is 0 Å². The highest BCUT2D eigenvalue weighted by molar-refractivity contribution is 5.86. The lowest BCUT2D eigenvalue weighted by molar-refractivity contribution is -0.121. The minimum Gasteiger partial charge on any atom is -0.337 e. The van der Waals surface area contributed by atoms with Crippen LogP contribution in [0.15, 0.2) is 60.7 Å². The Morgan fingerprint density at radius 2 is 1.38 bits per heavy atom. The lowest BCUT2D eigenvalue weighted by atomic mass is 9.85. The Labute approximate surface area is 125 Å². The number of benzene rings is 2. The summed E-state index contributed by atoms with van der Waals surface area (Å²) in [4.78, 5) is 12.4. The van der Waals surface area contributed by atoms with Gasteiger partial charge in [0.15, 0.2) is 0 Å². The van der Waals surface area contributed by atoms with E-state index >= 15 is 0 Å². The number of hydrogen-bond acceptors (Lipinski definition) is 2. The average molecular weight is 280 g/mol. The Kier molecular flexibility index (Phi) is 3.52. The van der Waals surface area contributed by atoms with Crippen molar-refractivity contribution in [3.8, 4) is 0 Å². The Hall–Kier alpha value is -2.13. The Morgan fingerprint density at radius 1 is 0.905 bits per heavy atom. The third-order valence-electron chi connectivity index (χ3n) is 3.89. The van der Waals surface area contributed by atoms with Crippen molar-refractivity contribution in [3.63, 3.8) is 0 Å². The van der Waals surface area contributed by atoms with E-state index in [9.17, 15) is 4.79 Å². The van der Waals surface area contributed by atoms with Gasteiger partial charge in [0, 0.05) is 5.92 Å². The number of rotatable bonds is 3. The topological polar surface area (TPSA) is 41.1 Å². The molecular weight excluding hydrogens is 260 g/mol. The van der Waals surface area contributed by atoms with E-state index in [0.29, 0.717) is 0 Å². The summed E-state index contributed by atoms with van der Waals surface area (Å²) in [5.74, 6) is 0.0619. The zero-order chi connectivity index (χ0) is 14.9. The molecule has 1 aliphatic rings. The fraction of sp³-hybridized carbons (Fsp3) is 0.278. The predicted octanol–water partition coefficient (Wildman–Crippen LogP) is 2.64. The predicted molar refractivity (Wildman–Crippen MR) is 83.9 cm³/mol. The van der Waals surface area contributed by atoms with Gasteiger partial charge in [-0.2, -0.15) is 0 Å². The van der Waals surface area contributed by atoms with Crippen molar-refractivity contribution >= 4 is 5.91 Å². The molecule has 0 radical (unpaired) electrons. The van der Waals surface area contributed by atoms with E-state index in [0.717, 1.165) is 11.1 Å². The third-order valence-corrected chi connectivity index (χ3v) is 3.89. The summed E-state index contributed by atoms with van der Waals surface area (Å²) in [6.45, 7) is 3.97. The van der Waals surface area contributed by atoms with Gasteiger partial charge in [-0.3, -0.25) is 10.1 Å². The van der Waals surface area contributed by atoms with Crippen molar-refractivity contribution in [2.24, 2.45) is 0 Å². The molecule has 1 atom stereocenters. The number of hydrogen-bond donors (Lipinski definition) is 2. The molecule has 1 heterocycles. The maximum absolute atomic E-state index is 12.4. The molecule has 3 rings (SSSR count). The first kappa shape index (κ1) is 13.8. The molecule has 0 aliphatic carbocycles. The summed E-state index contributed by atoms with van der Waals surface area (Å²) in [5, 5.41) is 6.43. The van der Waals surface area contributed by atoms with Gasteiger partial charge in [0.25, 0.3) is 0 Å². The van der Waals surface area contributed by atoms with Crippen molar-refractivity contribution in [1.82, 2.24) is 10.6 Å². The third kappa shape index (κ3) is 2.83. The molecular formula is C18H20N2O. The summed E-state index contributed by atoms with van der Waals surface area (Å²) in [6, 6.07) is 20.1. The van der Waals surface area contributed by atoms with Gasteiger partial charge in [0.05, 0.1) is 11.7 Å². The van der Waals surface area contributed by atoms with E-state index in [-0.39, 0.29) is 23.5 Å². The molecule has 0 spiro atoms. The molecule has 0 bridgehead atoms. The highest BCUT2D eigenvalue weighted by Gasteiger charge is 2.41. The van der Waals surface area contributed by atoms with Gasteiger partial charge in [-0.05, 0) is 25.0 Å². The molecule has 108 valence electrons. The minimum absolute atomic E-state index is 0.00850. The van der Waals surface area contributed by atoms with Gasteiger partial charge in [0.1, 0.15) is 0 Å². The number of carbonyl (C=O) groups excluding carboxylic acids is 1. The number of nitrogens with one attached hydrogen (secondary N) is 2. The molecule has 3 nitrogen and oxygen atoms in total. The molecule has 0 saturated carbocycles. The highest BCUT2D eigenvalue weighted by atomic mass is 16.2. The number of amides is 1. The summed E-state index contributed by atoms with van der Waals surface area (Å²) >= 11 is 0. The van der Waals surface area contributed by atoms with E-state index in [1.54, 1.807) is 0 Å². The molecule has 3 heteroatoms. The molecule has 1 fully saturated rings. The van der Waals surface area contributed by atoms with Crippen molar-refractivity contribution in [2.45, 2.75) is 31.5 Å². The van der Waals surface area contributed by atoms with Gasteiger partial charge >= 0.3 is 0 Å². The second-order valence-corrected chi connectivity index (χ2v) is 6.04. The fourth-order valence-corrected chi connectivity index (χ4v) is 3.01. The van der Waals surface area contributed by atoms with Crippen LogP contribution in [-0.2, 0) is 4.79 Å². The monoisotopic (exact) mass is 280 g/mol. The maximum Gasteiger partial charge on any atom is 0.239 e. The zero-order valence-electron chi connectivity index (χ0n) is 12.3. The van der Waals surface area contributed by atoms with Crippen molar-refractivity contribution < 1.29 is 4.79 Å². The normalized spacial score (nSPS) is 20.5. The summed E-state index contributed by atoms with van der Waals surface area (Å²) < 4.78 is 0. The molecule has 1 amide bonds.